The van der Waals surface area contributed by atoms with Crippen molar-refractivity contribution in [2.75, 3.05) is 32.8 Å². The highest BCUT2D eigenvalue weighted by Crippen LogP contribution is 2.45. The molecule has 3 aliphatic rings. The number of hydrogen-bond donors (Lipinski definition) is 0. The number of carbonyl (C=O) groups is 1. The van der Waals surface area contributed by atoms with Crippen molar-refractivity contribution in [2.24, 2.45) is 5.92 Å². The lowest BCUT2D eigenvalue weighted by Crippen LogP contribution is -2.35. The maximum Gasteiger partial charge on any atom is 0.256 e. The predicted molar refractivity (Wildman–Crippen MR) is 134 cm³/mol. The molecule has 5 rings (SSSR count). The summed E-state index contributed by atoms with van der Waals surface area (Å²) in [5.74, 6) is 0.214. The van der Waals surface area contributed by atoms with E-state index in [9.17, 15) is 13.6 Å². The van der Waals surface area contributed by atoms with E-state index in [2.05, 4.69) is 4.90 Å². The summed E-state index contributed by atoms with van der Waals surface area (Å²) in [5.41, 5.74) is 2.04. The Morgan fingerprint density at radius 1 is 0.971 bits per heavy atom. The fourth-order valence-corrected chi connectivity index (χ4v) is 5.70. The second kappa shape index (κ2) is 10.6. The molecule has 2 heterocycles. The van der Waals surface area contributed by atoms with Gasteiger partial charge in [0.05, 0.1) is 18.7 Å². The highest BCUT2D eigenvalue weighted by molar-refractivity contribution is 6.34. The summed E-state index contributed by atoms with van der Waals surface area (Å²) >= 11 is 12.2. The third-order valence-corrected chi connectivity index (χ3v) is 7.71. The molecule has 35 heavy (non-hydrogen) atoms. The maximum absolute atomic E-state index is 14.9. The molecule has 2 aliphatic heterocycles. The van der Waals surface area contributed by atoms with E-state index in [1.165, 1.54) is 11.0 Å². The van der Waals surface area contributed by atoms with Gasteiger partial charge in [0.15, 0.2) is 0 Å². The third kappa shape index (κ3) is 6.10. The van der Waals surface area contributed by atoms with Crippen LogP contribution in [0.2, 0.25) is 10.0 Å². The maximum atomic E-state index is 14.9. The summed E-state index contributed by atoms with van der Waals surface area (Å²) in [5, 5.41) is 1.29. The highest BCUT2D eigenvalue weighted by atomic mass is 35.5. The number of amides is 1. The van der Waals surface area contributed by atoms with Gasteiger partial charge in [-0.1, -0.05) is 23.2 Å². The van der Waals surface area contributed by atoms with Crippen LogP contribution in [-0.2, 0) is 6.54 Å². The van der Waals surface area contributed by atoms with Gasteiger partial charge in [-0.15, -0.1) is 0 Å². The van der Waals surface area contributed by atoms with Crippen LogP contribution >= 0.6 is 23.2 Å². The number of carbonyl (C=O) groups excluding carboxylic acids is 1. The fraction of sp³-hybridized carbons (Fsp3) is 0.519. The molecular formula is C27H30Cl2F2N2O2. The van der Waals surface area contributed by atoms with E-state index in [4.69, 9.17) is 27.9 Å². The average molecular weight is 523 g/mol. The van der Waals surface area contributed by atoms with E-state index in [-0.39, 0.29) is 12.1 Å². The lowest BCUT2D eigenvalue weighted by Gasteiger charge is -2.32. The number of benzene rings is 2. The van der Waals surface area contributed by atoms with E-state index in [1.54, 1.807) is 12.1 Å². The van der Waals surface area contributed by atoms with Crippen molar-refractivity contribution in [3.63, 3.8) is 0 Å². The van der Waals surface area contributed by atoms with E-state index in [1.807, 2.05) is 12.1 Å². The van der Waals surface area contributed by atoms with Crippen LogP contribution in [0.4, 0.5) is 8.78 Å². The lowest BCUT2D eigenvalue weighted by molar-refractivity contribution is 0.0778. The first-order valence-electron chi connectivity index (χ1n) is 12.4. The van der Waals surface area contributed by atoms with Crippen molar-refractivity contribution in [3.05, 3.63) is 62.9 Å². The molecule has 8 heteroatoms. The van der Waals surface area contributed by atoms with Gasteiger partial charge < -0.3 is 9.64 Å². The second-order valence-electron chi connectivity index (χ2n) is 10.1. The number of piperidine rings is 1. The first kappa shape index (κ1) is 24.8. The Hall–Kier alpha value is -1.89. The van der Waals surface area contributed by atoms with Gasteiger partial charge >= 0.3 is 0 Å². The van der Waals surface area contributed by atoms with Crippen LogP contribution in [0.25, 0.3) is 0 Å². The molecule has 2 saturated heterocycles. The smallest absolute Gasteiger partial charge is 0.256 e. The number of halogens is 4. The van der Waals surface area contributed by atoms with E-state index in [0.717, 1.165) is 56.4 Å². The topological polar surface area (TPSA) is 32.8 Å². The Labute approximate surface area is 215 Å². The van der Waals surface area contributed by atoms with Crippen molar-refractivity contribution >= 4 is 29.1 Å². The van der Waals surface area contributed by atoms with Crippen LogP contribution in [0.3, 0.4) is 0 Å². The van der Waals surface area contributed by atoms with Crippen LogP contribution in [-0.4, -0.2) is 54.7 Å². The van der Waals surface area contributed by atoms with Gasteiger partial charge in [0, 0.05) is 29.2 Å². The third-order valence-electron chi connectivity index (χ3n) is 7.28. The molecule has 1 amide bonds. The molecule has 1 saturated carbocycles. The Balaban J connectivity index is 1.18. The minimum atomic E-state index is -1.03. The van der Waals surface area contributed by atoms with E-state index < -0.39 is 17.9 Å². The zero-order valence-electron chi connectivity index (χ0n) is 19.6. The molecule has 1 atom stereocenters. The number of nitrogens with zero attached hydrogens (tertiary/aromatic N) is 2. The molecule has 1 aliphatic carbocycles. The zero-order chi connectivity index (χ0) is 24.5. The molecule has 0 spiro atoms. The van der Waals surface area contributed by atoms with Crippen molar-refractivity contribution in [1.29, 1.82) is 0 Å². The number of rotatable bonds is 7. The van der Waals surface area contributed by atoms with Crippen molar-refractivity contribution in [2.45, 2.75) is 50.7 Å². The SMILES string of the molecule is O=C(c1cc(C2CC2)c(OCC2CCN(Cc3cc(Cl)cc(Cl)c3)CC2)cc1F)N1CCC(F)C1. The number of ether oxygens (including phenoxy) is 1. The normalized spacial score (nSPS) is 21.5. The Kier molecular flexibility index (Phi) is 7.52. The van der Waals surface area contributed by atoms with Crippen LogP contribution in [0.1, 0.15) is 59.5 Å². The van der Waals surface area contributed by atoms with Crippen LogP contribution in [0, 0.1) is 11.7 Å². The summed E-state index contributed by atoms with van der Waals surface area (Å²) in [6.45, 7) is 3.60. The first-order chi connectivity index (χ1) is 16.9. The summed E-state index contributed by atoms with van der Waals surface area (Å²) in [6.07, 6.45) is 3.30. The molecule has 3 fully saturated rings. The number of likely N-dealkylation sites (tertiary alicyclic amines) is 2. The minimum Gasteiger partial charge on any atom is -0.493 e. The Morgan fingerprint density at radius 2 is 1.69 bits per heavy atom. The Bertz CT molecular complexity index is 1070. The lowest BCUT2D eigenvalue weighted by atomic mass is 9.97. The molecule has 1 unspecified atom stereocenters. The Morgan fingerprint density at radius 3 is 2.31 bits per heavy atom. The van der Waals surface area contributed by atoms with Gasteiger partial charge in [-0.3, -0.25) is 9.69 Å². The number of alkyl halides is 1. The van der Waals surface area contributed by atoms with Crippen LogP contribution in [0.5, 0.6) is 5.75 Å². The molecule has 2 aromatic carbocycles. The van der Waals surface area contributed by atoms with Crippen LogP contribution in [0.15, 0.2) is 30.3 Å². The summed E-state index contributed by atoms with van der Waals surface area (Å²) in [4.78, 5) is 16.6. The molecular weight excluding hydrogens is 493 g/mol. The molecule has 0 N–H and O–H groups in total. The number of hydrogen-bond acceptors (Lipinski definition) is 3. The molecule has 188 valence electrons. The standard InChI is InChI=1S/C27H30Cl2F2N2O2/c28-20-9-18(10-21(29)11-20)14-32-6-3-17(4-7-32)16-35-26-13-25(31)24(12-23(26)19-1-2-19)27(34)33-8-5-22(30)15-33/h9-13,17,19,22H,1-8,14-16H2. The van der Waals surface area contributed by atoms with Gasteiger partial charge in [-0.05, 0) is 92.4 Å². The fourth-order valence-electron chi connectivity index (χ4n) is 5.13. The largest absolute Gasteiger partial charge is 0.493 e. The first-order valence-corrected chi connectivity index (χ1v) is 13.2. The van der Waals surface area contributed by atoms with E-state index in [0.29, 0.717) is 47.2 Å². The van der Waals surface area contributed by atoms with Gasteiger partial charge in [-0.25, -0.2) is 8.78 Å². The molecule has 0 bridgehead atoms. The summed E-state index contributed by atoms with van der Waals surface area (Å²) in [6, 6.07) is 8.65. The van der Waals surface area contributed by atoms with E-state index >= 15 is 0 Å². The molecule has 4 nitrogen and oxygen atoms in total. The summed E-state index contributed by atoms with van der Waals surface area (Å²) in [7, 11) is 0. The predicted octanol–water partition coefficient (Wildman–Crippen LogP) is 6.48. The van der Waals surface area contributed by atoms with Gasteiger partial charge in [0.2, 0.25) is 0 Å². The van der Waals surface area contributed by atoms with Crippen LogP contribution < -0.4 is 4.74 Å². The average Bonchev–Trinajstić information content (AvgIpc) is 3.57. The molecule has 0 radical (unpaired) electrons. The zero-order valence-corrected chi connectivity index (χ0v) is 21.1. The second-order valence-corrected chi connectivity index (χ2v) is 11.0. The molecule has 0 aromatic heterocycles. The van der Waals surface area contributed by atoms with Gasteiger partial charge in [0.1, 0.15) is 17.7 Å². The van der Waals surface area contributed by atoms with Gasteiger partial charge in [-0.2, -0.15) is 0 Å². The van der Waals surface area contributed by atoms with Crippen molar-refractivity contribution < 1.29 is 18.3 Å². The summed E-state index contributed by atoms with van der Waals surface area (Å²) < 4.78 is 34.6. The monoisotopic (exact) mass is 522 g/mol. The van der Waals surface area contributed by atoms with Gasteiger partial charge in [0.25, 0.3) is 5.91 Å². The minimum absolute atomic E-state index is 0.0303. The van der Waals surface area contributed by atoms with Crippen molar-refractivity contribution in [3.8, 4) is 5.75 Å². The van der Waals surface area contributed by atoms with Crippen molar-refractivity contribution in [1.82, 2.24) is 9.80 Å². The quantitative estimate of drug-likeness (QED) is 0.416. The highest BCUT2D eigenvalue weighted by Gasteiger charge is 2.33. The molecule has 2 aromatic rings.